The molecule has 0 radical (unpaired) electrons. The Kier molecular flexibility index (Phi) is 7.57. The van der Waals surface area contributed by atoms with Crippen LogP contribution in [0.25, 0.3) is 22.2 Å². The number of rotatable bonds is 10. The van der Waals surface area contributed by atoms with Gasteiger partial charge >= 0.3 is 5.97 Å². The fourth-order valence-corrected chi connectivity index (χ4v) is 3.92. The Labute approximate surface area is 198 Å². The second-order valence-corrected chi connectivity index (χ2v) is 8.18. The second kappa shape index (κ2) is 11.0. The van der Waals surface area contributed by atoms with Crippen LogP contribution in [-0.2, 0) is 33.8 Å². The van der Waals surface area contributed by atoms with Crippen molar-refractivity contribution in [3.63, 3.8) is 0 Å². The van der Waals surface area contributed by atoms with Crippen LogP contribution in [0, 0.1) is 0 Å². The third kappa shape index (κ3) is 5.62. The molecule has 1 aromatic heterocycles. The van der Waals surface area contributed by atoms with E-state index in [4.69, 9.17) is 19.9 Å². The fraction of sp³-hybridized carbons (Fsp3) is 0.259. The minimum Gasteiger partial charge on any atom is -0.489 e. The number of methoxy groups -OCH3 is 1. The lowest BCUT2D eigenvalue weighted by atomic mass is 9.99. The summed E-state index contributed by atoms with van der Waals surface area (Å²) in [5.74, 6) is 0.330. The van der Waals surface area contributed by atoms with Gasteiger partial charge in [0, 0.05) is 24.8 Å². The Morgan fingerprint density at radius 3 is 2.76 bits per heavy atom. The number of hydrogen-bond donors (Lipinski definition) is 2. The summed E-state index contributed by atoms with van der Waals surface area (Å²) in [6.45, 7) is 2.97. The number of nitrogens with two attached hydrogens (primary N) is 1. The highest BCUT2D eigenvalue weighted by Gasteiger charge is 2.14. The van der Waals surface area contributed by atoms with Gasteiger partial charge in [0.1, 0.15) is 18.5 Å². The normalized spacial score (nSPS) is 12.0. The van der Waals surface area contributed by atoms with E-state index in [-0.39, 0.29) is 18.5 Å². The van der Waals surface area contributed by atoms with Crippen LogP contribution in [0.5, 0.6) is 5.75 Å². The maximum Gasteiger partial charge on any atom is 0.310 e. The van der Waals surface area contributed by atoms with E-state index in [9.17, 15) is 4.79 Å². The summed E-state index contributed by atoms with van der Waals surface area (Å²) in [5.41, 5.74) is 12.5. The van der Waals surface area contributed by atoms with E-state index in [0.29, 0.717) is 25.5 Å². The van der Waals surface area contributed by atoms with Gasteiger partial charge in [-0.05, 0) is 47.9 Å². The van der Waals surface area contributed by atoms with Gasteiger partial charge in [-0.1, -0.05) is 36.4 Å². The summed E-state index contributed by atoms with van der Waals surface area (Å²) in [6, 6.07) is 19.8. The standard InChI is InChI=1S/C27H29N3O4/c1-18(15-32-2)34-26(31)13-22-7-3-4-9-25(22)33-16-20-11-23(27-24(12-20)29-17-30-27)21-8-5-6-19(10-21)14-28/h3-12,17-18H,13-16,28H2,1-2H3,(H,29,30). The number of H-pyrrole nitrogens is 1. The zero-order valence-electron chi connectivity index (χ0n) is 19.4. The smallest absolute Gasteiger partial charge is 0.310 e. The minimum absolute atomic E-state index is 0.126. The van der Waals surface area contributed by atoms with Crippen LogP contribution < -0.4 is 10.5 Å². The van der Waals surface area contributed by atoms with Gasteiger partial charge in [-0.15, -0.1) is 0 Å². The molecule has 0 aliphatic carbocycles. The molecule has 1 atom stereocenters. The number of aromatic nitrogens is 2. The third-order valence-electron chi connectivity index (χ3n) is 5.49. The molecular weight excluding hydrogens is 430 g/mol. The summed E-state index contributed by atoms with van der Waals surface area (Å²) in [6.07, 6.45) is 1.51. The molecule has 4 aromatic rings. The molecule has 34 heavy (non-hydrogen) atoms. The Morgan fingerprint density at radius 2 is 1.94 bits per heavy atom. The van der Waals surface area contributed by atoms with Crippen LogP contribution in [0.3, 0.4) is 0 Å². The van der Waals surface area contributed by atoms with Crippen LogP contribution in [0.1, 0.15) is 23.6 Å². The molecular formula is C27H29N3O4. The minimum atomic E-state index is -0.318. The molecule has 0 saturated heterocycles. The number of nitrogens with zero attached hydrogens (tertiary/aromatic N) is 1. The number of carbonyl (C=O) groups is 1. The van der Waals surface area contributed by atoms with Gasteiger partial charge in [-0.25, -0.2) is 4.98 Å². The molecule has 4 rings (SSSR count). The van der Waals surface area contributed by atoms with Crippen molar-refractivity contribution in [2.75, 3.05) is 13.7 Å². The molecule has 0 spiro atoms. The second-order valence-electron chi connectivity index (χ2n) is 8.18. The van der Waals surface area contributed by atoms with E-state index in [1.54, 1.807) is 20.4 Å². The summed E-state index contributed by atoms with van der Waals surface area (Å²) in [4.78, 5) is 20.0. The van der Waals surface area contributed by atoms with Gasteiger partial charge in [-0.3, -0.25) is 4.79 Å². The lowest BCUT2D eigenvalue weighted by Gasteiger charge is -2.15. The number of nitrogens with one attached hydrogen (secondary N) is 1. The number of fused-ring (bicyclic) bond motifs is 1. The molecule has 1 heterocycles. The molecule has 0 aliphatic heterocycles. The Balaban J connectivity index is 1.54. The molecule has 1 unspecified atom stereocenters. The third-order valence-corrected chi connectivity index (χ3v) is 5.49. The van der Waals surface area contributed by atoms with Crippen molar-refractivity contribution in [2.24, 2.45) is 5.73 Å². The van der Waals surface area contributed by atoms with Crippen molar-refractivity contribution < 1.29 is 19.0 Å². The average molecular weight is 460 g/mol. The first kappa shape index (κ1) is 23.5. The Hall–Kier alpha value is -3.68. The van der Waals surface area contributed by atoms with E-state index < -0.39 is 0 Å². The molecule has 0 bridgehead atoms. The molecule has 0 amide bonds. The monoisotopic (exact) mass is 459 g/mol. The number of esters is 1. The molecule has 0 fully saturated rings. The predicted octanol–water partition coefficient (Wildman–Crippen LogP) is 4.39. The number of ether oxygens (including phenoxy) is 3. The lowest BCUT2D eigenvalue weighted by molar-refractivity contribution is -0.149. The number of aromatic amines is 1. The van der Waals surface area contributed by atoms with Gasteiger partial charge < -0.3 is 24.9 Å². The van der Waals surface area contributed by atoms with Crippen molar-refractivity contribution in [2.45, 2.75) is 32.6 Å². The maximum atomic E-state index is 12.3. The van der Waals surface area contributed by atoms with Crippen molar-refractivity contribution >= 4 is 17.0 Å². The zero-order chi connectivity index (χ0) is 23.9. The number of imidazole rings is 1. The van der Waals surface area contributed by atoms with Gasteiger partial charge in [0.2, 0.25) is 0 Å². The van der Waals surface area contributed by atoms with E-state index in [1.807, 2.05) is 42.5 Å². The molecule has 0 saturated carbocycles. The first-order chi connectivity index (χ1) is 16.6. The highest BCUT2D eigenvalue weighted by atomic mass is 16.6. The average Bonchev–Trinajstić information content (AvgIpc) is 3.32. The highest BCUT2D eigenvalue weighted by Crippen LogP contribution is 2.30. The van der Waals surface area contributed by atoms with E-state index in [1.165, 1.54) is 0 Å². The van der Waals surface area contributed by atoms with Gasteiger partial charge in [-0.2, -0.15) is 0 Å². The number of para-hydroxylation sites is 1. The molecule has 176 valence electrons. The molecule has 3 aromatic carbocycles. The first-order valence-electron chi connectivity index (χ1n) is 11.2. The van der Waals surface area contributed by atoms with Crippen molar-refractivity contribution in [1.29, 1.82) is 0 Å². The topological polar surface area (TPSA) is 99.5 Å². The summed E-state index contributed by atoms with van der Waals surface area (Å²) < 4.78 is 16.6. The summed E-state index contributed by atoms with van der Waals surface area (Å²) >= 11 is 0. The van der Waals surface area contributed by atoms with Crippen molar-refractivity contribution in [3.05, 3.63) is 83.7 Å². The molecule has 7 nitrogen and oxygen atoms in total. The van der Waals surface area contributed by atoms with Gasteiger partial charge in [0.15, 0.2) is 0 Å². The SMILES string of the molecule is COCC(C)OC(=O)Cc1ccccc1OCc1cc(-c2cccc(CN)c2)c2nc[nH]c2c1. The van der Waals surface area contributed by atoms with E-state index in [0.717, 1.165) is 38.9 Å². The number of carbonyl (C=O) groups excluding carboxylic acids is 1. The van der Waals surface area contributed by atoms with Crippen molar-refractivity contribution in [1.82, 2.24) is 9.97 Å². The fourth-order valence-electron chi connectivity index (χ4n) is 3.92. The maximum absolute atomic E-state index is 12.3. The molecule has 3 N–H and O–H groups in total. The first-order valence-corrected chi connectivity index (χ1v) is 11.2. The number of benzene rings is 3. The zero-order valence-corrected chi connectivity index (χ0v) is 19.4. The number of hydrogen-bond acceptors (Lipinski definition) is 6. The highest BCUT2D eigenvalue weighted by molar-refractivity contribution is 5.92. The van der Waals surface area contributed by atoms with Crippen LogP contribution in [0.4, 0.5) is 0 Å². The van der Waals surface area contributed by atoms with Crippen LogP contribution in [0.2, 0.25) is 0 Å². The summed E-state index contributed by atoms with van der Waals surface area (Å²) in [5, 5.41) is 0. The summed E-state index contributed by atoms with van der Waals surface area (Å²) in [7, 11) is 1.58. The van der Waals surface area contributed by atoms with Gasteiger partial charge in [0.25, 0.3) is 0 Å². The Bertz CT molecular complexity index is 1270. The van der Waals surface area contributed by atoms with Crippen LogP contribution in [-0.4, -0.2) is 35.8 Å². The van der Waals surface area contributed by atoms with Crippen molar-refractivity contribution in [3.8, 4) is 16.9 Å². The lowest BCUT2D eigenvalue weighted by Crippen LogP contribution is -2.21. The van der Waals surface area contributed by atoms with Crippen LogP contribution in [0.15, 0.2) is 67.0 Å². The van der Waals surface area contributed by atoms with E-state index in [2.05, 4.69) is 28.2 Å². The molecule has 7 heteroatoms. The van der Waals surface area contributed by atoms with Crippen LogP contribution >= 0.6 is 0 Å². The van der Waals surface area contributed by atoms with E-state index >= 15 is 0 Å². The predicted molar refractivity (Wildman–Crippen MR) is 131 cm³/mol. The largest absolute Gasteiger partial charge is 0.489 e. The Morgan fingerprint density at radius 1 is 1.09 bits per heavy atom. The van der Waals surface area contributed by atoms with Gasteiger partial charge in [0.05, 0.1) is 30.4 Å². The quantitative estimate of drug-likeness (QED) is 0.341. The molecule has 0 aliphatic rings.